The van der Waals surface area contributed by atoms with E-state index in [2.05, 4.69) is 17.2 Å². The van der Waals surface area contributed by atoms with E-state index in [1.54, 1.807) is 6.07 Å². The predicted octanol–water partition coefficient (Wildman–Crippen LogP) is 4.21. The number of nitrogens with zero attached hydrogens (tertiary/aromatic N) is 2. The van der Waals surface area contributed by atoms with Gasteiger partial charge in [-0.2, -0.15) is 0 Å². The standard InChI is InChI=1S/C16H24ClN3O3/c1-2-3-4-5-13-10-14(15(20(21)22)16(17)19-13)18-11-12-6-8-23-9-7-12/h10,12H,2-9,11H2,1H3,(H,18,19). The van der Waals surface area contributed by atoms with Crippen LogP contribution in [0.25, 0.3) is 0 Å². The Morgan fingerprint density at radius 3 is 2.83 bits per heavy atom. The number of unbranched alkanes of at least 4 members (excludes halogenated alkanes) is 2. The molecule has 0 atom stereocenters. The van der Waals surface area contributed by atoms with Gasteiger partial charge in [-0.15, -0.1) is 0 Å². The second-order valence-electron chi connectivity index (χ2n) is 5.95. The van der Waals surface area contributed by atoms with Crippen LogP contribution in [0.3, 0.4) is 0 Å². The minimum absolute atomic E-state index is 0.0292. The average molecular weight is 342 g/mol. The molecule has 6 nitrogen and oxygen atoms in total. The molecule has 1 aliphatic rings. The Hall–Kier alpha value is -1.40. The Labute approximate surface area is 141 Å². The maximum Gasteiger partial charge on any atom is 0.329 e. The van der Waals surface area contributed by atoms with Crippen LogP contribution >= 0.6 is 11.6 Å². The summed E-state index contributed by atoms with van der Waals surface area (Å²) in [6.45, 7) is 4.34. The fourth-order valence-corrected chi connectivity index (χ4v) is 3.03. The van der Waals surface area contributed by atoms with E-state index in [9.17, 15) is 10.1 Å². The van der Waals surface area contributed by atoms with E-state index in [4.69, 9.17) is 16.3 Å². The van der Waals surface area contributed by atoms with Gasteiger partial charge >= 0.3 is 5.69 Å². The van der Waals surface area contributed by atoms with E-state index >= 15 is 0 Å². The highest BCUT2D eigenvalue weighted by atomic mass is 35.5. The highest BCUT2D eigenvalue weighted by Crippen LogP contribution is 2.33. The predicted molar refractivity (Wildman–Crippen MR) is 91.2 cm³/mol. The zero-order chi connectivity index (χ0) is 16.7. The van der Waals surface area contributed by atoms with Gasteiger partial charge in [0, 0.05) is 25.5 Å². The molecule has 23 heavy (non-hydrogen) atoms. The maximum absolute atomic E-state index is 11.3. The summed E-state index contributed by atoms with van der Waals surface area (Å²) in [5, 5.41) is 14.5. The molecular formula is C16H24ClN3O3. The van der Waals surface area contributed by atoms with Crippen molar-refractivity contribution < 1.29 is 9.66 Å². The largest absolute Gasteiger partial charge is 0.381 e. The van der Waals surface area contributed by atoms with Crippen molar-refractivity contribution in [1.29, 1.82) is 0 Å². The molecule has 2 heterocycles. The zero-order valence-corrected chi connectivity index (χ0v) is 14.3. The number of hydrogen-bond donors (Lipinski definition) is 1. The number of aromatic nitrogens is 1. The van der Waals surface area contributed by atoms with Crippen molar-refractivity contribution in [2.75, 3.05) is 25.1 Å². The lowest BCUT2D eigenvalue weighted by molar-refractivity contribution is -0.384. The van der Waals surface area contributed by atoms with E-state index in [0.29, 0.717) is 18.2 Å². The monoisotopic (exact) mass is 341 g/mol. The molecule has 0 amide bonds. The number of rotatable bonds is 8. The van der Waals surface area contributed by atoms with Gasteiger partial charge in [0.05, 0.1) is 4.92 Å². The van der Waals surface area contributed by atoms with Crippen LogP contribution in [-0.2, 0) is 11.2 Å². The van der Waals surface area contributed by atoms with Crippen molar-refractivity contribution in [3.05, 3.63) is 27.0 Å². The number of nitrogens with one attached hydrogen (secondary N) is 1. The molecule has 2 rings (SSSR count). The van der Waals surface area contributed by atoms with Crippen LogP contribution in [0.15, 0.2) is 6.07 Å². The smallest absolute Gasteiger partial charge is 0.329 e. The SMILES string of the molecule is CCCCCc1cc(NCC2CCOCC2)c([N+](=O)[O-])c(Cl)n1. The summed E-state index contributed by atoms with van der Waals surface area (Å²) < 4.78 is 5.34. The summed E-state index contributed by atoms with van der Waals surface area (Å²) in [6.07, 6.45) is 5.98. The number of ether oxygens (including phenoxy) is 1. The lowest BCUT2D eigenvalue weighted by Gasteiger charge is -2.22. The van der Waals surface area contributed by atoms with Crippen LogP contribution in [0.2, 0.25) is 5.15 Å². The lowest BCUT2D eigenvalue weighted by Crippen LogP contribution is -2.23. The molecule has 128 valence electrons. The first-order valence-corrected chi connectivity index (χ1v) is 8.65. The summed E-state index contributed by atoms with van der Waals surface area (Å²) in [5.41, 5.74) is 1.16. The lowest BCUT2D eigenvalue weighted by atomic mass is 10.0. The molecule has 0 bridgehead atoms. The maximum atomic E-state index is 11.3. The first-order chi connectivity index (χ1) is 11.1. The van der Waals surface area contributed by atoms with E-state index < -0.39 is 4.92 Å². The third-order valence-corrected chi connectivity index (χ3v) is 4.41. The normalized spacial score (nSPS) is 15.6. The van der Waals surface area contributed by atoms with Crippen LogP contribution in [0, 0.1) is 16.0 Å². The van der Waals surface area contributed by atoms with Crippen LogP contribution in [0.4, 0.5) is 11.4 Å². The van der Waals surface area contributed by atoms with E-state index in [0.717, 1.165) is 57.4 Å². The Balaban J connectivity index is 2.10. The molecule has 1 aromatic heterocycles. The fraction of sp³-hybridized carbons (Fsp3) is 0.688. The number of pyridine rings is 1. The molecular weight excluding hydrogens is 318 g/mol. The van der Waals surface area contributed by atoms with Gasteiger partial charge in [0.1, 0.15) is 5.69 Å². The Kier molecular flexibility index (Phi) is 7.05. The highest BCUT2D eigenvalue weighted by molar-refractivity contribution is 6.32. The average Bonchev–Trinajstić information content (AvgIpc) is 2.53. The molecule has 1 saturated heterocycles. The summed E-state index contributed by atoms with van der Waals surface area (Å²) in [4.78, 5) is 15.0. The highest BCUT2D eigenvalue weighted by Gasteiger charge is 2.23. The second-order valence-corrected chi connectivity index (χ2v) is 6.31. The first-order valence-electron chi connectivity index (χ1n) is 8.27. The van der Waals surface area contributed by atoms with Crippen LogP contribution in [-0.4, -0.2) is 29.7 Å². The molecule has 7 heteroatoms. The number of aryl methyl sites for hydroxylation is 1. The molecule has 0 spiro atoms. The third-order valence-electron chi connectivity index (χ3n) is 4.14. The number of hydrogen-bond acceptors (Lipinski definition) is 5. The summed E-state index contributed by atoms with van der Waals surface area (Å²) in [6, 6.07) is 1.78. The van der Waals surface area contributed by atoms with Gasteiger partial charge < -0.3 is 10.1 Å². The van der Waals surface area contributed by atoms with Gasteiger partial charge in [-0.3, -0.25) is 10.1 Å². The third kappa shape index (κ3) is 5.32. The molecule has 0 saturated carbocycles. The van der Waals surface area contributed by atoms with Crippen molar-refractivity contribution in [1.82, 2.24) is 4.98 Å². The molecule has 1 N–H and O–H groups in total. The molecule has 0 radical (unpaired) electrons. The van der Waals surface area contributed by atoms with Gasteiger partial charge in [0.2, 0.25) is 5.15 Å². The van der Waals surface area contributed by atoms with E-state index in [1.165, 1.54) is 0 Å². The van der Waals surface area contributed by atoms with Gasteiger partial charge in [-0.1, -0.05) is 31.4 Å². The number of halogens is 1. The van der Waals surface area contributed by atoms with E-state index in [1.807, 2.05) is 0 Å². The second kappa shape index (κ2) is 9.03. The van der Waals surface area contributed by atoms with Crippen molar-refractivity contribution in [3.63, 3.8) is 0 Å². The van der Waals surface area contributed by atoms with Crippen molar-refractivity contribution >= 4 is 23.0 Å². The van der Waals surface area contributed by atoms with Gasteiger partial charge in [-0.25, -0.2) is 4.98 Å². The topological polar surface area (TPSA) is 77.3 Å². The van der Waals surface area contributed by atoms with Crippen molar-refractivity contribution in [2.45, 2.75) is 45.4 Å². The summed E-state index contributed by atoms with van der Waals surface area (Å²) in [5.74, 6) is 0.471. The number of anilines is 1. The molecule has 1 aliphatic heterocycles. The van der Waals surface area contributed by atoms with Crippen LogP contribution < -0.4 is 5.32 Å². The molecule has 1 aromatic rings. The summed E-state index contributed by atoms with van der Waals surface area (Å²) in [7, 11) is 0. The van der Waals surface area contributed by atoms with Gasteiger partial charge in [-0.05, 0) is 37.7 Å². The Morgan fingerprint density at radius 2 is 2.17 bits per heavy atom. The Bertz CT molecular complexity index is 534. The van der Waals surface area contributed by atoms with Crippen LogP contribution in [0.1, 0.15) is 44.7 Å². The molecule has 1 fully saturated rings. The summed E-state index contributed by atoms with van der Waals surface area (Å²) >= 11 is 6.05. The number of nitro groups is 1. The molecule has 0 aromatic carbocycles. The zero-order valence-electron chi connectivity index (χ0n) is 13.5. The minimum atomic E-state index is -0.461. The van der Waals surface area contributed by atoms with Crippen LogP contribution in [0.5, 0.6) is 0 Å². The van der Waals surface area contributed by atoms with Gasteiger partial charge in [0.15, 0.2) is 0 Å². The van der Waals surface area contributed by atoms with Gasteiger partial charge in [0.25, 0.3) is 0 Å². The quantitative estimate of drug-likeness (QED) is 0.331. The first kappa shape index (κ1) is 17.9. The van der Waals surface area contributed by atoms with E-state index in [-0.39, 0.29) is 10.8 Å². The van der Waals surface area contributed by atoms with Crippen molar-refractivity contribution in [3.8, 4) is 0 Å². The Morgan fingerprint density at radius 1 is 1.43 bits per heavy atom. The molecule has 0 aliphatic carbocycles. The fourth-order valence-electron chi connectivity index (χ4n) is 2.75. The van der Waals surface area contributed by atoms with Crippen molar-refractivity contribution in [2.24, 2.45) is 5.92 Å². The minimum Gasteiger partial charge on any atom is -0.381 e. The molecule has 0 unspecified atom stereocenters.